The maximum absolute atomic E-state index is 13.7. The van der Waals surface area contributed by atoms with E-state index in [1.54, 1.807) is 30.5 Å². The van der Waals surface area contributed by atoms with E-state index in [2.05, 4.69) is 4.98 Å². The number of hydrogen-bond acceptors (Lipinski definition) is 5. The van der Waals surface area contributed by atoms with Gasteiger partial charge in [0, 0.05) is 42.4 Å². The highest BCUT2D eigenvalue weighted by Crippen LogP contribution is 2.43. The van der Waals surface area contributed by atoms with Crippen molar-refractivity contribution >= 4 is 22.8 Å². The molecule has 0 radical (unpaired) electrons. The molecule has 1 saturated heterocycles. The van der Waals surface area contributed by atoms with Gasteiger partial charge < -0.3 is 19.2 Å². The van der Waals surface area contributed by atoms with Gasteiger partial charge in [-0.05, 0) is 35.4 Å². The first-order valence-electron chi connectivity index (χ1n) is 11.3. The zero-order valence-corrected chi connectivity index (χ0v) is 19.3. The fourth-order valence-electron chi connectivity index (χ4n) is 4.54. The number of para-hydroxylation sites is 2. The molecule has 0 bridgehead atoms. The molecule has 7 heteroatoms. The summed E-state index contributed by atoms with van der Waals surface area (Å²) in [6, 6.07) is 21.0. The van der Waals surface area contributed by atoms with Crippen LogP contribution in [0.3, 0.4) is 0 Å². The minimum Gasteiger partial charge on any atom is -0.489 e. The van der Waals surface area contributed by atoms with Crippen LogP contribution in [0.1, 0.15) is 36.5 Å². The van der Waals surface area contributed by atoms with Crippen molar-refractivity contribution in [2.45, 2.75) is 32.2 Å². The summed E-state index contributed by atoms with van der Waals surface area (Å²) in [5, 5.41) is 0.864. The summed E-state index contributed by atoms with van der Waals surface area (Å²) in [5.41, 5.74) is 2.87. The number of esters is 2. The first kappa shape index (κ1) is 22.7. The molecule has 0 unspecified atom stereocenters. The Balaban J connectivity index is 1.60. The Kier molecular flexibility index (Phi) is 5.76. The molecule has 4 aromatic rings. The Morgan fingerprint density at radius 3 is 2.43 bits per heavy atom. The summed E-state index contributed by atoms with van der Waals surface area (Å²) in [5.74, 6) is -4.54. The average molecular weight is 474 g/mol. The van der Waals surface area contributed by atoms with Crippen LogP contribution in [-0.4, -0.2) is 22.7 Å². The number of benzene rings is 3. The van der Waals surface area contributed by atoms with Crippen LogP contribution in [-0.2, 0) is 25.7 Å². The van der Waals surface area contributed by atoms with Gasteiger partial charge in [0.2, 0.25) is 0 Å². The highest BCUT2D eigenvalue weighted by Gasteiger charge is 2.49. The van der Waals surface area contributed by atoms with Gasteiger partial charge in [-0.3, -0.25) is 9.59 Å². The lowest BCUT2D eigenvalue weighted by molar-refractivity contribution is -0.240. The zero-order chi connectivity index (χ0) is 24.6. The van der Waals surface area contributed by atoms with Gasteiger partial charge in [-0.1, -0.05) is 48.5 Å². The van der Waals surface area contributed by atoms with E-state index in [1.807, 2.05) is 36.4 Å². The minimum atomic E-state index is -1.34. The van der Waals surface area contributed by atoms with Gasteiger partial charge in [-0.15, -0.1) is 0 Å². The van der Waals surface area contributed by atoms with Gasteiger partial charge in [0.05, 0.1) is 0 Å². The quantitative estimate of drug-likeness (QED) is 0.297. The van der Waals surface area contributed by atoms with Crippen LogP contribution in [0.4, 0.5) is 4.39 Å². The van der Waals surface area contributed by atoms with Crippen LogP contribution in [0.5, 0.6) is 5.75 Å². The summed E-state index contributed by atoms with van der Waals surface area (Å²) in [6.07, 6.45) is 1.79. The van der Waals surface area contributed by atoms with E-state index in [1.165, 1.54) is 26.0 Å². The molecule has 0 spiro atoms. The molecule has 178 valence electrons. The van der Waals surface area contributed by atoms with Crippen molar-refractivity contribution in [1.29, 1.82) is 0 Å². The number of carbonyl (C=O) groups is 2. The number of H-pyrrole nitrogens is 1. The summed E-state index contributed by atoms with van der Waals surface area (Å²) in [7, 11) is 0. The lowest BCUT2D eigenvalue weighted by atomic mass is 9.79. The second-order valence-electron chi connectivity index (χ2n) is 8.94. The standard InChI is InChI=1S/C28H24FNO5/c1-28(2)34-26(31)25(27(32)35-28)24(21-15-30-22-12-5-3-10-19(21)22)20-11-4-6-13-23(20)33-16-17-8-7-9-18(29)14-17/h3-15,24-25,30H,16H2,1-2H3/t24-/m1/s1. The molecule has 1 aliphatic heterocycles. The topological polar surface area (TPSA) is 77.6 Å². The molecule has 0 amide bonds. The molecule has 6 nitrogen and oxygen atoms in total. The number of carbonyl (C=O) groups excluding carboxylic acids is 2. The monoisotopic (exact) mass is 473 g/mol. The SMILES string of the molecule is CC1(C)OC(=O)C([C@H](c2ccccc2OCc2cccc(F)c2)c2c[nH]c3ccccc23)C(=O)O1. The predicted octanol–water partition coefficient (Wildman–Crippen LogP) is 5.47. The van der Waals surface area contributed by atoms with Crippen molar-refractivity contribution in [2.24, 2.45) is 5.92 Å². The maximum Gasteiger partial charge on any atom is 0.324 e. The molecular weight excluding hydrogens is 449 g/mol. The van der Waals surface area contributed by atoms with Gasteiger partial charge in [-0.2, -0.15) is 0 Å². The highest BCUT2D eigenvalue weighted by atomic mass is 19.1. The van der Waals surface area contributed by atoms with Gasteiger partial charge in [0.25, 0.3) is 5.79 Å². The predicted molar refractivity (Wildman–Crippen MR) is 127 cm³/mol. The van der Waals surface area contributed by atoms with Gasteiger partial charge in [0.1, 0.15) is 18.2 Å². The third-order valence-electron chi connectivity index (χ3n) is 6.03. The molecule has 1 aromatic heterocycles. The first-order chi connectivity index (χ1) is 16.8. The average Bonchev–Trinajstić information content (AvgIpc) is 3.24. The summed E-state index contributed by atoms with van der Waals surface area (Å²) in [6.45, 7) is 3.16. The van der Waals surface area contributed by atoms with E-state index in [4.69, 9.17) is 14.2 Å². The van der Waals surface area contributed by atoms with E-state index in [9.17, 15) is 14.0 Å². The number of aromatic nitrogens is 1. The summed E-state index contributed by atoms with van der Waals surface area (Å²) < 4.78 is 30.7. The van der Waals surface area contributed by atoms with Gasteiger partial charge in [0.15, 0.2) is 5.92 Å². The van der Waals surface area contributed by atoms with E-state index in [0.29, 0.717) is 16.9 Å². The molecule has 1 aliphatic rings. The number of rotatable bonds is 6. The normalized spacial score (nSPS) is 16.5. The van der Waals surface area contributed by atoms with Crippen LogP contribution >= 0.6 is 0 Å². The van der Waals surface area contributed by atoms with Crippen molar-refractivity contribution in [3.8, 4) is 5.75 Å². The molecular formula is C28H24FNO5. The van der Waals surface area contributed by atoms with E-state index in [0.717, 1.165) is 16.5 Å². The lowest BCUT2D eigenvalue weighted by Crippen LogP contribution is -2.48. The molecule has 1 fully saturated rings. The number of cyclic esters (lactones) is 2. The number of hydrogen-bond donors (Lipinski definition) is 1. The number of nitrogens with one attached hydrogen (secondary N) is 1. The van der Waals surface area contributed by atoms with E-state index >= 15 is 0 Å². The summed E-state index contributed by atoms with van der Waals surface area (Å²) >= 11 is 0. The third kappa shape index (κ3) is 4.49. The number of aromatic amines is 1. The minimum absolute atomic E-state index is 0.113. The van der Waals surface area contributed by atoms with E-state index in [-0.39, 0.29) is 12.4 Å². The van der Waals surface area contributed by atoms with Crippen LogP contribution in [0.25, 0.3) is 10.9 Å². The maximum atomic E-state index is 13.7. The molecule has 1 atom stereocenters. The Bertz CT molecular complexity index is 1390. The Morgan fingerprint density at radius 2 is 1.66 bits per heavy atom. The molecule has 5 rings (SSSR count). The number of ether oxygens (including phenoxy) is 3. The fourth-order valence-corrected chi connectivity index (χ4v) is 4.54. The lowest BCUT2D eigenvalue weighted by Gasteiger charge is -2.36. The number of halogens is 1. The van der Waals surface area contributed by atoms with Crippen LogP contribution in [0.15, 0.2) is 79.0 Å². The smallest absolute Gasteiger partial charge is 0.324 e. The summed E-state index contributed by atoms with van der Waals surface area (Å²) in [4.78, 5) is 29.6. The van der Waals surface area contributed by atoms with Crippen molar-refractivity contribution in [3.63, 3.8) is 0 Å². The van der Waals surface area contributed by atoms with Crippen molar-refractivity contribution in [1.82, 2.24) is 4.98 Å². The van der Waals surface area contributed by atoms with Crippen LogP contribution in [0, 0.1) is 11.7 Å². The molecule has 0 saturated carbocycles. The second kappa shape index (κ2) is 8.91. The number of fused-ring (bicyclic) bond motifs is 1. The molecule has 1 N–H and O–H groups in total. The zero-order valence-electron chi connectivity index (χ0n) is 19.3. The Hall–Kier alpha value is -4.13. The highest BCUT2D eigenvalue weighted by molar-refractivity contribution is 5.99. The second-order valence-corrected chi connectivity index (χ2v) is 8.94. The van der Waals surface area contributed by atoms with Gasteiger partial charge in [-0.25, -0.2) is 4.39 Å². The largest absolute Gasteiger partial charge is 0.489 e. The Labute approximate surface area is 201 Å². The van der Waals surface area contributed by atoms with Crippen molar-refractivity contribution in [3.05, 3.63) is 102 Å². The van der Waals surface area contributed by atoms with Gasteiger partial charge >= 0.3 is 11.9 Å². The van der Waals surface area contributed by atoms with E-state index < -0.39 is 29.6 Å². The van der Waals surface area contributed by atoms with Crippen LogP contribution in [0.2, 0.25) is 0 Å². The molecule has 2 heterocycles. The Morgan fingerprint density at radius 1 is 0.943 bits per heavy atom. The molecule has 0 aliphatic carbocycles. The van der Waals surface area contributed by atoms with Crippen molar-refractivity contribution < 1.29 is 28.2 Å². The first-order valence-corrected chi connectivity index (χ1v) is 11.3. The third-order valence-corrected chi connectivity index (χ3v) is 6.03. The van der Waals surface area contributed by atoms with Crippen LogP contribution < -0.4 is 4.74 Å². The molecule has 3 aromatic carbocycles. The van der Waals surface area contributed by atoms with Crippen molar-refractivity contribution in [2.75, 3.05) is 0 Å². The molecule has 35 heavy (non-hydrogen) atoms. The fraction of sp³-hybridized carbons (Fsp3) is 0.214.